The summed E-state index contributed by atoms with van der Waals surface area (Å²) in [4.78, 5) is 6.15. The van der Waals surface area contributed by atoms with Crippen molar-refractivity contribution in [3.63, 3.8) is 0 Å². The number of hydrogen-bond acceptors (Lipinski definition) is 1. The third-order valence-electron chi connectivity index (χ3n) is 2.27. The van der Waals surface area contributed by atoms with Gasteiger partial charge in [0.05, 0.1) is 15.2 Å². The van der Waals surface area contributed by atoms with Gasteiger partial charge in [-0.2, -0.15) is 26.9 Å². The van der Waals surface area contributed by atoms with Gasteiger partial charge in [0.25, 0.3) is 0 Å². The van der Waals surface area contributed by atoms with E-state index >= 15 is 0 Å². The summed E-state index contributed by atoms with van der Waals surface area (Å²) in [7, 11) is 3.97. The lowest BCUT2D eigenvalue weighted by molar-refractivity contribution is -0.150. The van der Waals surface area contributed by atoms with Crippen LogP contribution < -0.4 is 0 Å². The van der Waals surface area contributed by atoms with Gasteiger partial charge in [-0.15, -0.1) is 0 Å². The van der Waals surface area contributed by atoms with E-state index in [9.17, 15) is 22.0 Å². The second-order valence-electron chi connectivity index (χ2n) is 5.15. The van der Waals surface area contributed by atoms with Crippen LogP contribution in [0.5, 0.6) is 0 Å². The molecular weight excluding hydrogens is 297 g/mol. The number of rotatable bonds is 5. The molecule has 0 amide bonds. The van der Waals surface area contributed by atoms with Crippen molar-refractivity contribution in [2.45, 2.75) is 38.2 Å². The molecule has 0 saturated carbocycles. The van der Waals surface area contributed by atoms with Crippen LogP contribution in [0, 0.1) is 0 Å². The fourth-order valence-electron chi connectivity index (χ4n) is 1.57. The van der Waals surface area contributed by atoms with Crippen LogP contribution in [0.25, 0.3) is 0 Å². The average molecular weight is 318 g/mol. The molecule has 3 nitrogen and oxygen atoms in total. The molecule has 0 N–H and O–H groups in total. The zero-order valence-corrected chi connectivity index (χ0v) is 13.4. The SMILES string of the molecule is CN(C)C(=NC(F)(F)CCC(F)(F)F)N(C)C[Si](C)C. The van der Waals surface area contributed by atoms with Crippen molar-refractivity contribution in [2.75, 3.05) is 27.3 Å². The van der Waals surface area contributed by atoms with Gasteiger partial charge in [0.1, 0.15) is 0 Å². The second kappa shape index (κ2) is 7.23. The lowest BCUT2D eigenvalue weighted by Gasteiger charge is -2.29. The van der Waals surface area contributed by atoms with E-state index in [2.05, 4.69) is 4.99 Å². The number of alkyl halides is 5. The first-order valence-corrected chi connectivity index (χ1v) is 8.76. The molecule has 0 aliphatic heterocycles. The van der Waals surface area contributed by atoms with Gasteiger partial charge in [0.15, 0.2) is 0 Å². The Balaban J connectivity index is 4.97. The number of guanidine groups is 1. The number of hydrogen-bond donors (Lipinski definition) is 0. The van der Waals surface area contributed by atoms with Crippen molar-refractivity contribution in [3.8, 4) is 0 Å². The summed E-state index contributed by atoms with van der Waals surface area (Å²) in [6, 6.07) is -3.72. The van der Waals surface area contributed by atoms with Crippen LogP contribution in [0.4, 0.5) is 22.0 Å². The molecule has 0 unspecified atom stereocenters. The fraction of sp³-hybridized carbons (Fsp3) is 0.909. The molecule has 119 valence electrons. The summed E-state index contributed by atoms with van der Waals surface area (Å²) < 4.78 is 63.1. The Morgan fingerprint density at radius 1 is 1.00 bits per heavy atom. The number of halogens is 5. The molecule has 0 aromatic rings. The van der Waals surface area contributed by atoms with Crippen molar-refractivity contribution in [3.05, 3.63) is 0 Å². The van der Waals surface area contributed by atoms with Crippen molar-refractivity contribution >= 4 is 14.8 Å². The molecule has 0 aliphatic rings. The predicted molar refractivity (Wildman–Crippen MR) is 71.5 cm³/mol. The van der Waals surface area contributed by atoms with Crippen molar-refractivity contribution in [2.24, 2.45) is 4.99 Å². The van der Waals surface area contributed by atoms with Crippen molar-refractivity contribution in [1.29, 1.82) is 0 Å². The van der Waals surface area contributed by atoms with Gasteiger partial charge < -0.3 is 9.80 Å². The molecular formula is C11H21F5N3Si. The Bertz CT molecular complexity index is 329. The molecule has 0 aromatic heterocycles. The minimum Gasteiger partial charge on any atom is -0.349 e. The highest BCUT2D eigenvalue weighted by Crippen LogP contribution is 2.30. The Hall–Kier alpha value is -0.863. The molecule has 0 fully saturated rings. The Morgan fingerprint density at radius 3 is 1.85 bits per heavy atom. The Labute approximate surface area is 118 Å². The van der Waals surface area contributed by atoms with Gasteiger partial charge in [-0.05, 0) is 0 Å². The van der Waals surface area contributed by atoms with Gasteiger partial charge >= 0.3 is 12.2 Å². The predicted octanol–water partition coefficient (Wildman–Crippen LogP) is 3.06. The molecule has 9 heteroatoms. The minimum absolute atomic E-state index is 0.0108. The van der Waals surface area contributed by atoms with E-state index in [4.69, 9.17) is 0 Å². The van der Waals surface area contributed by atoms with Crippen LogP contribution in [-0.2, 0) is 0 Å². The summed E-state index contributed by atoms with van der Waals surface area (Å²) in [5, 5.41) is 0. The molecule has 0 saturated heterocycles. The molecule has 0 bridgehead atoms. The van der Waals surface area contributed by atoms with Gasteiger partial charge in [-0.3, -0.25) is 0 Å². The minimum atomic E-state index is -4.61. The van der Waals surface area contributed by atoms with Crippen molar-refractivity contribution in [1.82, 2.24) is 9.80 Å². The molecule has 0 heterocycles. The first-order valence-electron chi connectivity index (χ1n) is 6.06. The van der Waals surface area contributed by atoms with E-state index in [0.717, 1.165) is 0 Å². The molecule has 0 aromatic carbocycles. The van der Waals surface area contributed by atoms with Crippen LogP contribution >= 0.6 is 0 Å². The Kier molecular flexibility index (Phi) is 6.92. The van der Waals surface area contributed by atoms with Gasteiger partial charge in [0.2, 0.25) is 5.96 Å². The van der Waals surface area contributed by atoms with Crippen LogP contribution in [0.1, 0.15) is 12.8 Å². The zero-order chi connectivity index (χ0) is 16.1. The molecule has 0 aliphatic carbocycles. The van der Waals surface area contributed by atoms with E-state index in [1.54, 1.807) is 11.9 Å². The average Bonchev–Trinajstić information content (AvgIpc) is 2.21. The first-order chi connectivity index (χ1) is 8.84. The fourth-order valence-corrected chi connectivity index (χ4v) is 2.66. The lowest BCUT2D eigenvalue weighted by atomic mass is 10.3. The topological polar surface area (TPSA) is 18.8 Å². The van der Waals surface area contributed by atoms with E-state index < -0.39 is 33.9 Å². The maximum atomic E-state index is 13.5. The monoisotopic (exact) mass is 318 g/mol. The van der Waals surface area contributed by atoms with Crippen molar-refractivity contribution < 1.29 is 22.0 Å². The zero-order valence-electron chi connectivity index (χ0n) is 12.4. The molecule has 1 radical (unpaired) electrons. The Morgan fingerprint density at radius 2 is 1.50 bits per heavy atom. The maximum absolute atomic E-state index is 13.5. The first kappa shape index (κ1) is 19.1. The standard InChI is InChI=1S/C11H21F5N3Si/c1-18(2)9(19(3)8-20(4)5)17-11(15,16)7-6-10(12,13)14/h6-8H2,1-5H3. The summed E-state index contributed by atoms with van der Waals surface area (Å²) in [6.07, 6.45) is -6.91. The highest BCUT2D eigenvalue weighted by atomic mass is 28.3. The van der Waals surface area contributed by atoms with E-state index in [1.165, 1.54) is 19.0 Å². The van der Waals surface area contributed by atoms with Crippen LogP contribution in [0.2, 0.25) is 13.1 Å². The normalized spacial score (nSPS) is 13.8. The highest BCUT2D eigenvalue weighted by Gasteiger charge is 2.37. The summed E-state index contributed by atoms with van der Waals surface area (Å²) in [5.41, 5.74) is 0. The second-order valence-corrected chi connectivity index (χ2v) is 7.88. The summed E-state index contributed by atoms with van der Waals surface area (Å²) in [5.74, 6) is -0.0108. The van der Waals surface area contributed by atoms with E-state index in [-0.39, 0.29) is 5.96 Å². The van der Waals surface area contributed by atoms with E-state index in [0.29, 0.717) is 6.17 Å². The highest BCUT2D eigenvalue weighted by molar-refractivity contribution is 6.56. The van der Waals surface area contributed by atoms with Crippen LogP contribution in [-0.4, -0.2) is 64.1 Å². The third-order valence-corrected chi connectivity index (χ3v) is 3.37. The lowest BCUT2D eigenvalue weighted by Crippen LogP contribution is -2.43. The van der Waals surface area contributed by atoms with Crippen LogP contribution in [0.15, 0.2) is 4.99 Å². The van der Waals surface area contributed by atoms with E-state index in [1.807, 2.05) is 13.1 Å². The number of nitrogens with zero attached hydrogens (tertiary/aromatic N) is 3. The summed E-state index contributed by atoms with van der Waals surface area (Å²) in [6.45, 7) is 4.02. The molecule has 0 atom stereocenters. The smallest absolute Gasteiger partial charge is 0.349 e. The molecule has 20 heavy (non-hydrogen) atoms. The van der Waals surface area contributed by atoms with Gasteiger partial charge in [0, 0.05) is 33.7 Å². The molecule has 0 rings (SSSR count). The largest absolute Gasteiger partial charge is 0.389 e. The maximum Gasteiger partial charge on any atom is 0.389 e. The third kappa shape index (κ3) is 8.34. The molecule has 0 spiro atoms. The number of aliphatic imine (C=N–C) groups is 1. The quantitative estimate of drug-likeness (QED) is 0.255. The van der Waals surface area contributed by atoms with Gasteiger partial charge in [-0.1, -0.05) is 13.1 Å². The summed E-state index contributed by atoms with van der Waals surface area (Å²) >= 11 is 0. The van der Waals surface area contributed by atoms with Crippen LogP contribution in [0.3, 0.4) is 0 Å². The van der Waals surface area contributed by atoms with Gasteiger partial charge in [-0.25, -0.2) is 0 Å².